The summed E-state index contributed by atoms with van der Waals surface area (Å²) in [6, 6.07) is 7.69. The fourth-order valence-electron chi connectivity index (χ4n) is 3.35. The maximum atomic E-state index is 5.90. The van der Waals surface area contributed by atoms with Gasteiger partial charge in [-0.2, -0.15) is 0 Å². The summed E-state index contributed by atoms with van der Waals surface area (Å²) in [6.07, 6.45) is 9.38. The third-order valence-electron chi connectivity index (χ3n) is 4.29. The molecular weight excluding hydrogens is 208 g/mol. The molecule has 0 aromatic heterocycles. The van der Waals surface area contributed by atoms with E-state index >= 15 is 0 Å². The van der Waals surface area contributed by atoms with Crippen molar-refractivity contribution in [2.24, 2.45) is 0 Å². The van der Waals surface area contributed by atoms with Crippen LogP contribution in [0.3, 0.4) is 0 Å². The van der Waals surface area contributed by atoms with Crippen molar-refractivity contribution < 1.29 is 0 Å². The van der Waals surface area contributed by atoms with Crippen LogP contribution in [0.4, 0.5) is 5.69 Å². The first-order valence-electron chi connectivity index (χ1n) is 6.97. The number of hydrogen-bond donors (Lipinski definition) is 2. The molecule has 1 atom stereocenters. The molecule has 3 rings (SSSR count). The van der Waals surface area contributed by atoms with Crippen molar-refractivity contribution in [3.63, 3.8) is 0 Å². The lowest BCUT2D eigenvalue weighted by molar-refractivity contribution is 0.337. The smallest absolute Gasteiger partial charge is 0.0329 e. The van der Waals surface area contributed by atoms with E-state index in [1.165, 1.54) is 56.1 Å². The minimum absolute atomic E-state index is 0.552. The van der Waals surface area contributed by atoms with Gasteiger partial charge in [-0.25, -0.2) is 0 Å². The summed E-state index contributed by atoms with van der Waals surface area (Å²) in [5.41, 5.74) is 9.75. The molecule has 1 aromatic carbocycles. The van der Waals surface area contributed by atoms with Crippen LogP contribution < -0.4 is 11.1 Å². The van der Waals surface area contributed by atoms with Crippen molar-refractivity contribution >= 4 is 5.69 Å². The fraction of sp³-hybridized carbons (Fsp3) is 0.600. The lowest BCUT2D eigenvalue weighted by Crippen LogP contribution is -2.33. The molecule has 1 fully saturated rings. The first kappa shape index (κ1) is 11.1. The number of aryl methyl sites for hydroxylation is 1. The molecule has 0 spiro atoms. The zero-order valence-corrected chi connectivity index (χ0v) is 10.4. The Labute approximate surface area is 104 Å². The van der Waals surface area contributed by atoms with Gasteiger partial charge in [0.1, 0.15) is 0 Å². The molecule has 2 aliphatic carbocycles. The van der Waals surface area contributed by atoms with Gasteiger partial charge in [-0.05, 0) is 48.9 Å². The summed E-state index contributed by atoms with van der Waals surface area (Å²) >= 11 is 0. The van der Waals surface area contributed by atoms with Crippen LogP contribution in [0.5, 0.6) is 0 Å². The predicted molar refractivity (Wildman–Crippen MR) is 71.9 cm³/mol. The minimum atomic E-state index is 0.552. The van der Waals surface area contributed by atoms with Gasteiger partial charge < -0.3 is 11.1 Å². The van der Waals surface area contributed by atoms with Crippen LogP contribution in [0.25, 0.3) is 0 Å². The number of anilines is 1. The predicted octanol–water partition coefficient (Wildman–Crippen LogP) is 3.18. The number of hydrogen-bond acceptors (Lipinski definition) is 2. The van der Waals surface area contributed by atoms with E-state index in [1.807, 2.05) is 6.07 Å². The highest BCUT2D eigenvalue weighted by Crippen LogP contribution is 2.34. The Hall–Kier alpha value is -1.02. The van der Waals surface area contributed by atoms with Crippen molar-refractivity contribution in [3.8, 4) is 0 Å². The summed E-state index contributed by atoms with van der Waals surface area (Å²) < 4.78 is 0. The normalized spacial score (nSPS) is 24.8. The number of fused-ring (bicyclic) bond motifs is 1. The van der Waals surface area contributed by atoms with Gasteiger partial charge in [-0.3, -0.25) is 0 Å². The van der Waals surface area contributed by atoms with Crippen LogP contribution >= 0.6 is 0 Å². The van der Waals surface area contributed by atoms with Crippen LogP contribution in [0.2, 0.25) is 0 Å². The van der Waals surface area contributed by atoms with E-state index in [4.69, 9.17) is 5.73 Å². The van der Waals surface area contributed by atoms with Gasteiger partial charge in [0.25, 0.3) is 0 Å². The SMILES string of the molecule is Nc1ccc2c(c1)C(NC1CCCCC1)CC2. The standard InChI is InChI=1S/C15H22N2/c16-12-8-6-11-7-9-15(14(11)10-12)17-13-4-2-1-3-5-13/h6,8,10,13,15,17H,1-5,7,9,16H2. The molecule has 0 saturated heterocycles. The zero-order chi connectivity index (χ0) is 11.7. The molecule has 1 unspecified atom stereocenters. The maximum Gasteiger partial charge on any atom is 0.0329 e. The zero-order valence-electron chi connectivity index (χ0n) is 10.4. The number of rotatable bonds is 2. The molecule has 0 radical (unpaired) electrons. The van der Waals surface area contributed by atoms with E-state index in [2.05, 4.69) is 17.4 Å². The Morgan fingerprint density at radius 1 is 1.06 bits per heavy atom. The van der Waals surface area contributed by atoms with Crippen LogP contribution in [0.15, 0.2) is 18.2 Å². The summed E-state index contributed by atoms with van der Waals surface area (Å²) in [7, 11) is 0. The first-order chi connectivity index (χ1) is 8.33. The Morgan fingerprint density at radius 2 is 1.88 bits per heavy atom. The molecule has 0 bridgehead atoms. The van der Waals surface area contributed by atoms with E-state index in [0.717, 1.165) is 11.7 Å². The lowest BCUT2D eigenvalue weighted by atomic mass is 9.94. The molecule has 2 nitrogen and oxygen atoms in total. The Balaban J connectivity index is 1.72. The number of nitrogen functional groups attached to an aromatic ring is 1. The Morgan fingerprint density at radius 3 is 2.71 bits per heavy atom. The van der Waals surface area contributed by atoms with E-state index in [1.54, 1.807) is 0 Å². The van der Waals surface area contributed by atoms with Gasteiger partial charge in [0.2, 0.25) is 0 Å². The average Bonchev–Trinajstić information content (AvgIpc) is 2.73. The largest absolute Gasteiger partial charge is 0.399 e. The average molecular weight is 230 g/mol. The van der Waals surface area contributed by atoms with Gasteiger partial charge in [0.05, 0.1) is 0 Å². The van der Waals surface area contributed by atoms with Gasteiger partial charge in [0, 0.05) is 17.8 Å². The molecule has 17 heavy (non-hydrogen) atoms. The van der Waals surface area contributed by atoms with Gasteiger partial charge >= 0.3 is 0 Å². The third-order valence-corrected chi connectivity index (χ3v) is 4.29. The molecular formula is C15H22N2. The van der Waals surface area contributed by atoms with Gasteiger partial charge in [-0.1, -0.05) is 25.3 Å². The van der Waals surface area contributed by atoms with Gasteiger partial charge in [-0.15, -0.1) is 0 Å². The molecule has 2 heteroatoms. The topological polar surface area (TPSA) is 38.0 Å². The van der Waals surface area contributed by atoms with E-state index < -0.39 is 0 Å². The highest BCUT2D eigenvalue weighted by Gasteiger charge is 2.25. The number of nitrogens with one attached hydrogen (secondary N) is 1. The molecule has 0 aliphatic heterocycles. The van der Waals surface area contributed by atoms with E-state index in [0.29, 0.717) is 6.04 Å². The summed E-state index contributed by atoms with van der Waals surface area (Å²) in [5, 5.41) is 3.85. The summed E-state index contributed by atoms with van der Waals surface area (Å²) in [4.78, 5) is 0. The second-order valence-electron chi connectivity index (χ2n) is 5.55. The lowest BCUT2D eigenvalue weighted by Gasteiger charge is -2.27. The van der Waals surface area contributed by atoms with Crippen LogP contribution in [-0.2, 0) is 6.42 Å². The molecule has 1 aromatic rings. The quantitative estimate of drug-likeness (QED) is 0.766. The van der Waals surface area contributed by atoms with Crippen molar-refractivity contribution in [3.05, 3.63) is 29.3 Å². The van der Waals surface area contributed by atoms with Crippen molar-refractivity contribution in [2.75, 3.05) is 5.73 Å². The third kappa shape index (κ3) is 2.32. The number of nitrogens with two attached hydrogens (primary N) is 1. The minimum Gasteiger partial charge on any atom is -0.399 e. The van der Waals surface area contributed by atoms with Crippen molar-refractivity contribution in [1.82, 2.24) is 5.32 Å². The fourth-order valence-corrected chi connectivity index (χ4v) is 3.35. The van der Waals surface area contributed by atoms with Gasteiger partial charge in [0.15, 0.2) is 0 Å². The van der Waals surface area contributed by atoms with Crippen molar-refractivity contribution in [1.29, 1.82) is 0 Å². The van der Waals surface area contributed by atoms with Crippen LogP contribution in [0.1, 0.15) is 55.7 Å². The number of benzene rings is 1. The second kappa shape index (κ2) is 4.69. The van der Waals surface area contributed by atoms with Crippen molar-refractivity contribution in [2.45, 2.75) is 57.0 Å². The monoisotopic (exact) mass is 230 g/mol. The Kier molecular flexibility index (Phi) is 3.06. The molecule has 3 N–H and O–H groups in total. The Bertz CT molecular complexity index is 394. The highest BCUT2D eigenvalue weighted by molar-refractivity contribution is 5.48. The molecule has 0 heterocycles. The molecule has 2 aliphatic rings. The maximum absolute atomic E-state index is 5.90. The summed E-state index contributed by atoms with van der Waals surface area (Å²) in [5.74, 6) is 0. The van der Waals surface area contributed by atoms with Crippen LogP contribution in [-0.4, -0.2) is 6.04 Å². The van der Waals surface area contributed by atoms with E-state index in [9.17, 15) is 0 Å². The summed E-state index contributed by atoms with van der Waals surface area (Å²) in [6.45, 7) is 0. The molecule has 0 amide bonds. The van der Waals surface area contributed by atoms with Crippen LogP contribution in [0, 0.1) is 0 Å². The van der Waals surface area contributed by atoms with E-state index in [-0.39, 0.29) is 0 Å². The highest BCUT2D eigenvalue weighted by atomic mass is 15.0. The molecule has 1 saturated carbocycles. The second-order valence-corrected chi connectivity index (χ2v) is 5.55. The first-order valence-corrected chi connectivity index (χ1v) is 6.97. The molecule has 92 valence electrons.